The molecule has 0 unspecified atom stereocenters. The molecule has 9 nitrogen and oxygen atoms in total. The molecule has 1 aliphatic rings. The van der Waals surface area contributed by atoms with E-state index < -0.39 is 36.9 Å². The zero-order valence-corrected chi connectivity index (χ0v) is 13.2. The molecule has 1 aliphatic carbocycles. The van der Waals surface area contributed by atoms with Crippen molar-refractivity contribution in [2.75, 3.05) is 0 Å². The molecule has 26 heavy (non-hydrogen) atoms. The van der Waals surface area contributed by atoms with Crippen molar-refractivity contribution in [1.29, 1.82) is 0 Å². The maximum absolute atomic E-state index is 12.4. The molecule has 2 aromatic rings. The topological polar surface area (TPSA) is 132 Å². The molecule has 0 spiro atoms. The highest BCUT2D eigenvalue weighted by Crippen LogP contribution is 2.30. The van der Waals surface area contributed by atoms with Crippen LogP contribution in [0.15, 0.2) is 12.3 Å². The highest BCUT2D eigenvalue weighted by molar-refractivity contribution is 6.01. The third kappa shape index (κ3) is 3.46. The Bertz CT molecular complexity index is 860. The fourth-order valence-electron chi connectivity index (χ4n) is 2.75. The van der Waals surface area contributed by atoms with Crippen molar-refractivity contribution in [3.8, 4) is 0 Å². The smallest absolute Gasteiger partial charge is 0.390 e. The number of halogens is 3. The Balaban J connectivity index is 1.77. The zero-order chi connectivity index (χ0) is 19.1. The van der Waals surface area contributed by atoms with E-state index in [-0.39, 0.29) is 35.4 Å². The van der Waals surface area contributed by atoms with E-state index in [2.05, 4.69) is 20.1 Å². The SMILES string of the molecule is NC(=O)c1c(CO)nn2c(C(=O)NC3CC(OC(F)(F)F)C3)ccnc12. The minimum absolute atomic E-state index is 0.00101. The Morgan fingerprint density at radius 2 is 2.12 bits per heavy atom. The number of aromatic nitrogens is 3. The second-order valence-corrected chi connectivity index (χ2v) is 5.74. The molecule has 0 aromatic carbocycles. The largest absolute Gasteiger partial charge is 0.522 e. The van der Waals surface area contributed by atoms with Crippen LogP contribution in [-0.4, -0.2) is 50.0 Å². The molecule has 12 heteroatoms. The van der Waals surface area contributed by atoms with Gasteiger partial charge in [0.05, 0.1) is 12.7 Å². The van der Waals surface area contributed by atoms with E-state index in [1.165, 1.54) is 12.3 Å². The summed E-state index contributed by atoms with van der Waals surface area (Å²) in [6, 6.07) is 0.838. The number of alkyl halides is 3. The number of hydrogen-bond donors (Lipinski definition) is 3. The van der Waals surface area contributed by atoms with Crippen LogP contribution < -0.4 is 11.1 Å². The molecule has 0 atom stereocenters. The number of carbonyl (C=O) groups excluding carboxylic acids is 2. The Kier molecular flexibility index (Phi) is 4.54. The highest BCUT2D eigenvalue weighted by Gasteiger charge is 2.40. The molecule has 2 heterocycles. The molecule has 0 saturated heterocycles. The molecular formula is C14H14F3N5O4. The number of rotatable bonds is 5. The number of carbonyl (C=O) groups is 2. The van der Waals surface area contributed by atoms with Crippen LogP contribution in [0.5, 0.6) is 0 Å². The third-order valence-corrected chi connectivity index (χ3v) is 3.95. The lowest BCUT2D eigenvalue weighted by molar-refractivity contribution is -0.351. The minimum Gasteiger partial charge on any atom is -0.390 e. The van der Waals surface area contributed by atoms with Crippen LogP contribution in [0.1, 0.15) is 39.4 Å². The summed E-state index contributed by atoms with van der Waals surface area (Å²) in [6.07, 6.45) is -4.40. The van der Waals surface area contributed by atoms with Crippen LogP contribution in [-0.2, 0) is 11.3 Å². The minimum atomic E-state index is -4.71. The zero-order valence-electron chi connectivity index (χ0n) is 13.2. The van der Waals surface area contributed by atoms with E-state index in [0.717, 1.165) is 4.52 Å². The van der Waals surface area contributed by atoms with Crippen molar-refractivity contribution in [3.63, 3.8) is 0 Å². The number of hydrogen-bond acceptors (Lipinski definition) is 6. The first kappa shape index (κ1) is 18.1. The van der Waals surface area contributed by atoms with E-state index in [9.17, 15) is 27.9 Å². The number of primary amides is 1. The predicted octanol–water partition coefficient (Wildman–Crippen LogP) is 0.118. The summed E-state index contributed by atoms with van der Waals surface area (Å²) in [5, 5.41) is 15.8. The molecule has 4 N–H and O–H groups in total. The van der Waals surface area contributed by atoms with Crippen LogP contribution >= 0.6 is 0 Å². The van der Waals surface area contributed by atoms with Gasteiger partial charge in [-0.3, -0.25) is 14.3 Å². The number of nitrogens with two attached hydrogens (primary N) is 1. The van der Waals surface area contributed by atoms with Gasteiger partial charge >= 0.3 is 6.36 Å². The standard InChI is InChI=1S/C14H14F3N5O4/c15-14(16,17)26-7-3-6(4-7)20-13(25)9-1-2-19-12-10(11(18)24)8(5-23)21-22(9)12/h1-2,6-7,23H,3-5H2,(H2,18,24)(H,20,25). The van der Waals surface area contributed by atoms with Gasteiger partial charge < -0.3 is 16.2 Å². The van der Waals surface area contributed by atoms with Crippen molar-refractivity contribution < 1.29 is 32.6 Å². The number of nitrogens with zero attached hydrogens (tertiary/aromatic N) is 3. The normalized spacial score (nSPS) is 20.0. The quantitative estimate of drug-likeness (QED) is 0.682. The van der Waals surface area contributed by atoms with E-state index >= 15 is 0 Å². The van der Waals surface area contributed by atoms with Crippen molar-refractivity contribution in [2.45, 2.75) is 38.0 Å². The van der Waals surface area contributed by atoms with Crippen molar-refractivity contribution >= 4 is 17.5 Å². The van der Waals surface area contributed by atoms with E-state index in [0.29, 0.717) is 0 Å². The van der Waals surface area contributed by atoms with Gasteiger partial charge in [0.15, 0.2) is 5.65 Å². The second kappa shape index (κ2) is 6.53. The van der Waals surface area contributed by atoms with Gasteiger partial charge in [0.2, 0.25) is 0 Å². The average molecular weight is 373 g/mol. The maximum Gasteiger partial charge on any atom is 0.522 e. The molecular weight excluding hydrogens is 359 g/mol. The Labute approximate surface area is 143 Å². The Hall–Kier alpha value is -2.73. The lowest BCUT2D eigenvalue weighted by Gasteiger charge is -2.35. The molecule has 1 fully saturated rings. The Morgan fingerprint density at radius 1 is 1.42 bits per heavy atom. The fourth-order valence-corrected chi connectivity index (χ4v) is 2.75. The first-order valence-corrected chi connectivity index (χ1v) is 7.52. The molecule has 0 aliphatic heterocycles. The monoisotopic (exact) mass is 373 g/mol. The molecule has 2 aromatic heterocycles. The lowest BCUT2D eigenvalue weighted by Crippen LogP contribution is -2.49. The summed E-state index contributed by atoms with van der Waals surface area (Å²) in [5.41, 5.74) is 5.11. The van der Waals surface area contributed by atoms with Gasteiger partial charge in [-0.1, -0.05) is 0 Å². The highest BCUT2D eigenvalue weighted by atomic mass is 19.4. The van der Waals surface area contributed by atoms with Crippen LogP contribution in [0.2, 0.25) is 0 Å². The van der Waals surface area contributed by atoms with E-state index in [1.54, 1.807) is 0 Å². The van der Waals surface area contributed by atoms with Crippen molar-refractivity contribution in [1.82, 2.24) is 19.9 Å². The summed E-state index contributed by atoms with van der Waals surface area (Å²) in [4.78, 5) is 27.9. The summed E-state index contributed by atoms with van der Waals surface area (Å²) >= 11 is 0. The molecule has 2 amide bonds. The van der Waals surface area contributed by atoms with Gasteiger partial charge in [-0.25, -0.2) is 9.50 Å². The summed E-state index contributed by atoms with van der Waals surface area (Å²) in [5.74, 6) is -1.48. The van der Waals surface area contributed by atoms with Crippen molar-refractivity contribution in [2.24, 2.45) is 5.73 Å². The van der Waals surface area contributed by atoms with Crippen molar-refractivity contribution in [3.05, 3.63) is 29.2 Å². The number of aliphatic hydroxyl groups is 1. The van der Waals surface area contributed by atoms with E-state index in [4.69, 9.17) is 5.73 Å². The number of aliphatic hydroxyl groups excluding tert-OH is 1. The molecule has 3 rings (SSSR count). The first-order chi connectivity index (χ1) is 12.2. The van der Waals surface area contributed by atoms with Gasteiger partial charge in [-0.15, -0.1) is 13.2 Å². The van der Waals surface area contributed by atoms with Crippen LogP contribution in [0.4, 0.5) is 13.2 Å². The number of amides is 2. The van der Waals surface area contributed by atoms with E-state index in [1.807, 2.05) is 0 Å². The molecule has 140 valence electrons. The number of nitrogens with one attached hydrogen (secondary N) is 1. The van der Waals surface area contributed by atoms with Gasteiger partial charge in [0.25, 0.3) is 11.8 Å². The number of fused-ring (bicyclic) bond motifs is 1. The fraction of sp³-hybridized carbons (Fsp3) is 0.429. The molecule has 1 saturated carbocycles. The summed E-state index contributed by atoms with van der Waals surface area (Å²) in [7, 11) is 0. The molecule has 0 bridgehead atoms. The van der Waals surface area contributed by atoms with Crippen LogP contribution in [0.3, 0.4) is 0 Å². The van der Waals surface area contributed by atoms with Gasteiger partial charge in [0, 0.05) is 12.2 Å². The maximum atomic E-state index is 12.4. The summed E-state index contributed by atoms with van der Waals surface area (Å²) in [6.45, 7) is -0.582. The van der Waals surface area contributed by atoms with Gasteiger partial charge in [0.1, 0.15) is 17.0 Å². The van der Waals surface area contributed by atoms with Gasteiger partial charge in [-0.2, -0.15) is 5.10 Å². The summed E-state index contributed by atoms with van der Waals surface area (Å²) < 4.78 is 41.2. The van der Waals surface area contributed by atoms with Gasteiger partial charge in [-0.05, 0) is 18.9 Å². The number of ether oxygens (including phenoxy) is 1. The predicted molar refractivity (Wildman–Crippen MR) is 78.8 cm³/mol. The third-order valence-electron chi connectivity index (χ3n) is 3.95. The van der Waals surface area contributed by atoms with Crippen LogP contribution in [0.25, 0.3) is 5.65 Å². The second-order valence-electron chi connectivity index (χ2n) is 5.74. The molecule has 0 radical (unpaired) electrons. The lowest BCUT2D eigenvalue weighted by atomic mass is 9.89. The van der Waals surface area contributed by atoms with Crippen LogP contribution in [0, 0.1) is 0 Å². The Morgan fingerprint density at radius 3 is 2.69 bits per heavy atom. The first-order valence-electron chi connectivity index (χ1n) is 7.52. The average Bonchev–Trinajstić information content (AvgIpc) is 2.89.